The van der Waals surface area contributed by atoms with Gasteiger partial charge in [-0.3, -0.25) is 14.9 Å². The quantitative estimate of drug-likeness (QED) is 0.642. The maximum atomic E-state index is 13.2. The average Bonchev–Trinajstić information content (AvgIpc) is 2.58. The fourth-order valence-corrected chi connectivity index (χ4v) is 2.31. The third kappa shape index (κ3) is 3.87. The number of nitro groups is 1. The summed E-state index contributed by atoms with van der Waals surface area (Å²) in [5.41, 5.74) is 0.946. The van der Waals surface area contributed by atoms with Crippen LogP contribution < -0.4 is 5.32 Å². The second-order valence-electron chi connectivity index (χ2n) is 5.10. The van der Waals surface area contributed by atoms with E-state index in [0.717, 1.165) is 12.1 Å². The number of nitro benzene ring substituents is 1. The van der Waals surface area contributed by atoms with Crippen molar-refractivity contribution in [3.8, 4) is 0 Å². The topological polar surface area (TPSA) is 75.5 Å². The first-order valence-electron chi connectivity index (χ1n) is 7.56. The summed E-state index contributed by atoms with van der Waals surface area (Å²) in [6, 6.07) is 9.93. The number of nitrogens with one attached hydrogen (secondary N) is 1. The molecular formula is C17H18FN3O3. The van der Waals surface area contributed by atoms with Gasteiger partial charge in [0, 0.05) is 24.3 Å². The monoisotopic (exact) mass is 331 g/mol. The molecule has 24 heavy (non-hydrogen) atoms. The van der Waals surface area contributed by atoms with Crippen molar-refractivity contribution in [1.82, 2.24) is 4.90 Å². The van der Waals surface area contributed by atoms with Gasteiger partial charge in [0.2, 0.25) is 0 Å². The van der Waals surface area contributed by atoms with Crippen molar-refractivity contribution in [2.45, 2.75) is 13.8 Å². The van der Waals surface area contributed by atoms with Gasteiger partial charge in [0.05, 0.1) is 11.0 Å². The minimum absolute atomic E-state index is 0.0701. The van der Waals surface area contributed by atoms with Crippen LogP contribution in [-0.2, 0) is 0 Å². The number of amides is 1. The first-order valence-corrected chi connectivity index (χ1v) is 7.56. The van der Waals surface area contributed by atoms with Gasteiger partial charge in [-0.05, 0) is 50.2 Å². The van der Waals surface area contributed by atoms with E-state index in [1.807, 2.05) is 13.8 Å². The lowest BCUT2D eigenvalue weighted by Gasteiger charge is -2.18. The van der Waals surface area contributed by atoms with Crippen molar-refractivity contribution in [2.75, 3.05) is 18.4 Å². The predicted octanol–water partition coefficient (Wildman–Crippen LogP) is 3.96. The molecule has 0 aromatic heterocycles. The number of hydrogen-bond donors (Lipinski definition) is 1. The smallest absolute Gasteiger partial charge is 0.295 e. The Morgan fingerprint density at radius 1 is 1.17 bits per heavy atom. The maximum Gasteiger partial charge on any atom is 0.295 e. The molecule has 0 bridgehead atoms. The molecule has 0 aliphatic heterocycles. The van der Waals surface area contributed by atoms with E-state index in [9.17, 15) is 19.3 Å². The van der Waals surface area contributed by atoms with Crippen LogP contribution in [0, 0.1) is 15.9 Å². The minimum Gasteiger partial charge on any atom is -0.350 e. The van der Waals surface area contributed by atoms with Gasteiger partial charge in [0.1, 0.15) is 11.5 Å². The molecule has 2 aromatic rings. The van der Waals surface area contributed by atoms with Crippen LogP contribution in [0.5, 0.6) is 0 Å². The van der Waals surface area contributed by atoms with Crippen LogP contribution in [0.25, 0.3) is 0 Å². The molecule has 0 aliphatic rings. The largest absolute Gasteiger partial charge is 0.350 e. The first kappa shape index (κ1) is 17.4. The van der Waals surface area contributed by atoms with Crippen LogP contribution in [0.1, 0.15) is 24.2 Å². The van der Waals surface area contributed by atoms with Gasteiger partial charge in [-0.2, -0.15) is 0 Å². The molecule has 2 rings (SSSR count). The number of nitrogens with zero attached hydrogens (tertiary/aromatic N) is 2. The molecule has 1 N–H and O–H groups in total. The van der Waals surface area contributed by atoms with Crippen LogP contribution in [0.15, 0.2) is 42.5 Å². The molecule has 0 atom stereocenters. The van der Waals surface area contributed by atoms with E-state index in [-0.39, 0.29) is 17.3 Å². The lowest BCUT2D eigenvalue weighted by molar-refractivity contribution is -0.384. The first-order chi connectivity index (χ1) is 11.5. The molecule has 6 nitrogen and oxygen atoms in total. The zero-order valence-electron chi connectivity index (χ0n) is 13.5. The number of benzene rings is 2. The predicted molar refractivity (Wildman–Crippen MR) is 90.0 cm³/mol. The van der Waals surface area contributed by atoms with Gasteiger partial charge < -0.3 is 10.2 Å². The van der Waals surface area contributed by atoms with Gasteiger partial charge in [-0.15, -0.1) is 0 Å². The van der Waals surface area contributed by atoms with Crippen molar-refractivity contribution in [2.24, 2.45) is 0 Å². The van der Waals surface area contributed by atoms with Crippen LogP contribution >= 0.6 is 0 Å². The van der Waals surface area contributed by atoms with E-state index in [0.29, 0.717) is 24.3 Å². The number of carbonyl (C=O) groups excluding carboxylic acids is 1. The summed E-state index contributed by atoms with van der Waals surface area (Å²) >= 11 is 0. The lowest BCUT2D eigenvalue weighted by atomic mass is 10.1. The fraction of sp³-hybridized carbons (Fsp3) is 0.235. The summed E-state index contributed by atoms with van der Waals surface area (Å²) in [6.45, 7) is 5.06. The minimum atomic E-state index is -0.674. The Bertz CT molecular complexity index is 743. The molecular weight excluding hydrogens is 313 g/mol. The molecule has 0 saturated carbocycles. The summed E-state index contributed by atoms with van der Waals surface area (Å²) < 4.78 is 13.2. The highest BCUT2D eigenvalue weighted by atomic mass is 19.1. The fourth-order valence-electron chi connectivity index (χ4n) is 2.31. The van der Waals surface area contributed by atoms with Crippen molar-refractivity contribution in [3.63, 3.8) is 0 Å². The van der Waals surface area contributed by atoms with Crippen LogP contribution in [0.2, 0.25) is 0 Å². The zero-order valence-corrected chi connectivity index (χ0v) is 13.5. The van der Waals surface area contributed by atoms with Crippen molar-refractivity contribution in [3.05, 3.63) is 64.0 Å². The number of rotatable bonds is 6. The van der Waals surface area contributed by atoms with Crippen LogP contribution in [-0.4, -0.2) is 28.8 Å². The molecule has 0 heterocycles. The summed E-state index contributed by atoms with van der Waals surface area (Å²) in [5.74, 6) is -0.744. The van der Waals surface area contributed by atoms with Gasteiger partial charge >= 0.3 is 0 Å². The second-order valence-corrected chi connectivity index (χ2v) is 5.10. The van der Waals surface area contributed by atoms with Gasteiger partial charge in [-0.1, -0.05) is 0 Å². The lowest BCUT2D eigenvalue weighted by Crippen LogP contribution is -2.30. The molecule has 0 aliphatic carbocycles. The summed E-state index contributed by atoms with van der Waals surface area (Å²) in [7, 11) is 0. The molecule has 0 radical (unpaired) electrons. The summed E-state index contributed by atoms with van der Waals surface area (Å²) in [4.78, 5) is 24.3. The van der Waals surface area contributed by atoms with Gasteiger partial charge in [0.25, 0.3) is 11.6 Å². The Balaban J connectivity index is 2.21. The number of hydrogen-bond acceptors (Lipinski definition) is 4. The summed E-state index contributed by atoms with van der Waals surface area (Å²) in [6.07, 6.45) is 0. The van der Waals surface area contributed by atoms with Gasteiger partial charge in [-0.25, -0.2) is 4.39 Å². The number of halogens is 1. The van der Waals surface area contributed by atoms with Gasteiger partial charge in [0.15, 0.2) is 0 Å². The Labute approximate surface area is 139 Å². The normalized spacial score (nSPS) is 10.3. The molecule has 126 valence electrons. The van der Waals surface area contributed by atoms with Crippen LogP contribution in [0.3, 0.4) is 0 Å². The Morgan fingerprint density at radius 3 is 2.33 bits per heavy atom. The highest BCUT2D eigenvalue weighted by molar-refractivity contribution is 5.94. The zero-order chi connectivity index (χ0) is 17.7. The standard InChI is InChI=1S/C17H18FN3O3/c1-3-20(4-2)17(22)12-5-8-14(9-6-12)19-15-10-7-13(18)11-16(15)21(23)24/h5-11,19H,3-4H2,1-2H3. The van der Waals surface area contributed by atoms with E-state index in [1.54, 1.807) is 29.2 Å². The number of carbonyl (C=O) groups is 1. The van der Waals surface area contributed by atoms with E-state index in [4.69, 9.17) is 0 Å². The Hall–Kier alpha value is -2.96. The molecule has 0 saturated heterocycles. The van der Waals surface area contributed by atoms with Crippen molar-refractivity contribution in [1.29, 1.82) is 0 Å². The molecule has 1 amide bonds. The average molecular weight is 331 g/mol. The third-order valence-electron chi connectivity index (χ3n) is 3.62. The molecule has 0 unspecified atom stereocenters. The highest BCUT2D eigenvalue weighted by Gasteiger charge is 2.16. The van der Waals surface area contributed by atoms with Crippen molar-refractivity contribution < 1.29 is 14.1 Å². The maximum absolute atomic E-state index is 13.2. The van der Waals surface area contributed by atoms with Crippen molar-refractivity contribution >= 4 is 23.0 Å². The molecule has 0 spiro atoms. The molecule has 2 aromatic carbocycles. The number of anilines is 2. The van der Waals surface area contributed by atoms with E-state index in [1.165, 1.54) is 6.07 Å². The van der Waals surface area contributed by atoms with Crippen LogP contribution in [0.4, 0.5) is 21.5 Å². The Kier molecular flexibility index (Phi) is 5.47. The summed E-state index contributed by atoms with van der Waals surface area (Å²) in [5, 5.41) is 13.9. The molecule has 0 fully saturated rings. The second kappa shape index (κ2) is 7.54. The Morgan fingerprint density at radius 2 is 1.79 bits per heavy atom. The van der Waals surface area contributed by atoms with E-state index >= 15 is 0 Å². The molecule has 7 heteroatoms. The SMILES string of the molecule is CCN(CC)C(=O)c1ccc(Nc2ccc(F)cc2[N+](=O)[O-])cc1. The van der Waals surface area contributed by atoms with E-state index < -0.39 is 10.7 Å². The highest BCUT2D eigenvalue weighted by Crippen LogP contribution is 2.28. The third-order valence-corrected chi connectivity index (χ3v) is 3.62. The van der Waals surface area contributed by atoms with E-state index in [2.05, 4.69) is 5.32 Å².